The molecule has 1 fully saturated rings. The van der Waals surface area contributed by atoms with Crippen molar-refractivity contribution in [3.63, 3.8) is 0 Å². The smallest absolute Gasteiger partial charge is 0.119 e. The van der Waals surface area contributed by atoms with E-state index in [9.17, 15) is 0 Å². The summed E-state index contributed by atoms with van der Waals surface area (Å²) in [6.07, 6.45) is 4.67. The molecule has 0 aromatic heterocycles. The Kier molecular flexibility index (Phi) is 6.89. The molecular weight excluding hydrogens is 250 g/mol. The van der Waals surface area contributed by atoms with Gasteiger partial charge in [0.25, 0.3) is 0 Å². The molecule has 112 valence electrons. The molecular formula is C17H27NO2. The lowest BCUT2D eigenvalue weighted by molar-refractivity contribution is 0.0374. The van der Waals surface area contributed by atoms with E-state index in [1.54, 1.807) is 0 Å². The fraction of sp³-hybridized carbons (Fsp3) is 0.647. The van der Waals surface area contributed by atoms with Crippen LogP contribution in [0.25, 0.3) is 0 Å². The number of unbranched alkanes of at least 4 members (excludes halogenated alkanes) is 1. The average Bonchev–Trinajstić information content (AvgIpc) is 2.50. The summed E-state index contributed by atoms with van der Waals surface area (Å²) in [7, 11) is 0. The minimum absolute atomic E-state index is 0.826. The number of aryl methyl sites for hydroxylation is 1. The molecule has 1 aromatic carbocycles. The summed E-state index contributed by atoms with van der Waals surface area (Å²) in [5.41, 5.74) is 1.40. The molecule has 3 heteroatoms. The number of rotatable bonds is 8. The highest BCUT2D eigenvalue weighted by atomic mass is 16.5. The van der Waals surface area contributed by atoms with Gasteiger partial charge in [0.2, 0.25) is 0 Å². The zero-order valence-electron chi connectivity index (χ0n) is 12.6. The molecule has 0 radical (unpaired) electrons. The van der Waals surface area contributed by atoms with E-state index in [1.807, 2.05) is 0 Å². The average molecular weight is 277 g/mol. The Morgan fingerprint density at radius 2 is 1.85 bits per heavy atom. The molecule has 1 aliphatic heterocycles. The van der Waals surface area contributed by atoms with Crippen LogP contribution >= 0.6 is 0 Å². The Hall–Kier alpha value is -1.06. The lowest BCUT2D eigenvalue weighted by atomic mass is 10.1. The Morgan fingerprint density at radius 1 is 1.10 bits per heavy atom. The van der Waals surface area contributed by atoms with Gasteiger partial charge in [0.05, 0.1) is 19.8 Å². The van der Waals surface area contributed by atoms with Gasteiger partial charge in [-0.15, -0.1) is 0 Å². The van der Waals surface area contributed by atoms with E-state index in [0.29, 0.717) is 0 Å². The van der Waals surface area contributed by atoms with Crippen molar-refractivity contribution < 1.29 is 9.47 Å². The molecule has 2 rings (SSSR count). The molecule has 1 aliphatic rings. The number of morpholine rings is 1. The van der Waals surface area contributed by atoms with Crippen LogP contribution in [-0.2, 0) is 11.2 Å². The van der Waals surface area contributed by atoms with Crippen molar-refractivity contribution >= 4 is 0 Å². The van der Waals surface area contributed by atoms with Crippen LogP contribution in [0.4, 0.5) is 0 Å². The van der Waals surface area contributed by atoms with Crippen molar-refractivity contribution in [2.24, 2.45) is 0 Å². The van der Waals surface area contributed by atoms with Crippen molar-refractivity contribution in [3.05, 3.63) is 29.8 Å². The molecule has 0 amide bonds. The van der Waals surface area contributed by atoms with Gasteiger partial charge in [0.1, 0.15) is 5.75 Å². The lowest BCUT2D eigenvalue weighted by Crippen LogP contribution is -2.36. The van der Waals surface area contributed by atoms with Crippen molar-refractivity contribution in [2.75, 3.05) is 39.5 Å². The molecule has 1 heterocycles. The van der Waals surface area contributed by atoms with E-state index in [0.717, 1.165) is 51.5 Å². The monoisotopic (exact) mass is 277 g/mol. The molecule has 0 spiro atoms. The Balaban J connectivity index is 1.65. The maximum Gasteiger partial charge on any atom is 0.119 e. The third-order valence-corrected chi connectivity index (χ3v) is 3.73. The zero-order valence-corrected chi connectivity index (χ0v) is 12.6. The SMILES string of the molecule is CCCCOc1ccc(CCCN2CCOCC2)cc1. The summed E-state index contributed by atoms with van der Waals surface area (Å²) in [6, 6.07) is 8.58. The summed E-state index contributed by atoms with van der Waals surface area (Å²) in [4.78, 5) is 2.49. The standard InChI is InChI=1S/C17H27NO2/c1-2-3-13-20-17-8-6-16(7-9-17)5-4-10-18-11-14-19-15-12-18/h6-9H,2-5,10-15H2,1H3. The normalized spacial score (nSPS) is 16.2. The summed E-state index contributed by atoms with van der Waals surface area (Å²) >= 11 is 0. The number of ether oxygens (including phenoxy) is 2. The maximum absolute atomic E-state index is 5.68. The topological polar surface area (TPSA) is 21.7 Å². The van der Waals surface area contributed by atoms with Gasteiger partial charge < -0.3 is 9.47 Å². The lowest BCUT2D eigenvalue weighted by Gasteiger charge is -2.26. The molecule has 1 aromatic rings. The third kappa shape index (κ3) is 5.51. The highest BCUT2D eigenvalue weighted by Gasteiger charge is 2.09. The minimum atomic E-state index is 0.826. The van der Waals surface area contributed by atoms with Crippen LogP contribution in [-0.4, -0.2) is 44.4 Å². The first-order chi connectivity index (χ1) is 9.88. The molecule has 3 nitrogen and oxygen atoms in total. The van der Waals surface area contributed by atoms with Crippen LogP contribution in [0.5, 0.6) is 5.75 Å². The summed E-state index contributed by atoms with van der Waals surface area (Å²) in [5, 5.41) is 0. The quantitative estimate of drug-likeness (QED) is 0.681. The predicted molar refractivity (Wildman–Crippen MR) is 82.4 cm³/mol. The molecule has 0 atom stereocenters. The van der Waals surface area contributed by atoms with Crippen LogP contribution in [0.1, 0.15) is 31.7 Å². The number of benzene rings is 1. The van der Waals surface area contributed by atoms with Gasteiger partial charge in [-0.1, -0.05) is 25.5 Å². The van der Waals surface area contributed by atoms with Gasteiger partial charge in [-0.05, 0) is 43.5 Å². The van der Waals surface area contributed by atoms with Crippen LogP contribution in [0, 0.1) is 0 Å². The molecule has 0 bridgehead atoms. The van der Waals surface area contributed by atoms with Gasteiger partial charge >= 0.3 is 0 Å². The molecule has 0 aliphatic carbocycles. The van der Waals surface area contributed by atoms with Crippen LogP contribution < -0.4 is 4.74 Å². The molecule has 20 heavy (non-hydrogen) atoms. The molecule has 0 saturated carbocycles. The highest BCUT2D eigenvalue weighted by Crippen LogP contribution is 2.14. The summed E-state index contributed by atoms with van der Waals surface area (Å²) in [5.74, 6) is 0.996. The van der Waals surface area contributed by atoms with Gasteiger partial charge in [0.15, 0.2) is 0 Å². The van der Waals surface area contributed by atoms with E-state index in [1.165, 1.54) is 24.9 Å². The maximum atomic E-state index is 5.68. The fourth-order valence-corrected chi connectivity index (χ4v) is 2.42. The Bertz CT molecular complexity index is 358. The van der Waals surface area contributed by atoms with Crippen molar-refractivity contribution in [2.45, 2.75) is 32.6 Å². The highest BCUT2D eigenvalue weighted by molar-refractivity contribution is 5.27. The molecule has 1 saturated heterocycles. The van der Waals surface area contributed by atoms with Crippen molar-refractivity contribution in [3.8, 4) is 5.75 Å². The van der Waals surface area contributed by atoms with Crippen LogP contribution in [0.15, 0.2) is 24.3 Å². The largest absolute Gasteiger partial charge is 0.494 e. The van der Waals surface area contributed by atoms with Crippen LogP contribution in [0.2, 0.25) is 0 Å². The van der Waals surface area contributed by atoms with E-state index in [4.69, 9.17) is 9.47 Å². The summed E-state index contributed by atoms with van der Waals surface area (Å²) < 4.78 is 11.0. The Morgan fingerprint density at radius 3 is 2.55 bits per heavy atom. The number of hydrogen-bond donors (Lipinski definition) is 0. The van der Waals surface area contributed by atoms with Crippen molar-refractivity contribution in [1.82, 2.24) is 4.90 Å². The zero-order chi connectivity index (χ0) is 14.0. The number of hydrogen-bond acceptors (Lipinski definition) is 3. The van der Waals surface area contributed by atoms with Gasteiger partial charge in [-0.25, -0.2) is 0 Å². The molecule has 0 N–H and O–H groups in total. The van der Waals surface area contributed by atoms with Gasteiger partial charge in [0, 0.05) is 13.1 Å². The second-order valence-electron chi connectivity index (χ2n) is 5.40. The first kappa shape index (κ1) is 15.3. The second-order valence-corrected chi connectivity index (χ2v) is 5.40. The van der Waals surface area contributed by atoms with Gasteiger partial charge in [-0.2, -0.15) is 0 Å². The van der Waals surface area contributed by atoms with E-state index >= 15 is 0 Å². The second kappa shape index (κ2) is 8.98. The number of nitrogens with zero attached hydrogens (tertiary/aromatic N) is 1. The van der Waals surface area contributed by atoms with E-state index in [2.05, 4.69) is 36.1 Å². The third-order valence-electron chi connectivity index (χ3n) is 3.73. The Labute approximate surface area is 122 Å². The predicted octanol–water partition coefficient (Wildman–Crippen LogP) is 3.13. The van der Waals surface area contributed by atoms with E-state index < -0.39 is 0 Å². The summed E-state index contributed by atoms with van der Waals surface area (Å²) in [6.45, 7) is 8.15. The minimum Gasteiger partial charge on any atom is -0.494 e. The van der Waals surface area contributed by atoms with Crippen LogP contribution in [0.3, 0.4) is 0 Å². The van der Waals surface area contributed by atoms with Crippen molar-refractivity contribution in [1.29, 1.82) is 0 Å². The molecule has 0 unspecified atom stereocenters. The fourth-order valence-electron chi connectivity index (χ4n) is 2.42. The van der Waals surface area contributed by atoms with E-state index in [-0.39, 0.29) is 0 Å². The first-order valence-corrected chi connectivity index (χ1v) is 7.90. The van der Waals surface area contributed by atoms with Gasteiger partial charge in [-0.3, -0.25) is 4.90 Å². The first-order valence-electron chi connectivity index (χ1n) is 7.90.